The van der Waals surface area contributed by atoms with Crippen molar-refractivity contribution >= 4 is 21.7 Å². The Labute approximate surface area is 161 Å². The molecule has 0 amide bonds. The summed E-state index contributed by atoms with van der Waals surface area (Å²) in [5.41, 5.74) is 8.38. The normalized spacial score (nSPS) is 11.1. The number of anilines is 1. The van der Waals surface area contributed by atoms with E-state index in [1.807, 2.05) is 30.3 Å². The van der Waals surface area contributed by atoms with Crippen molar-refractivity contribution in [2.45, 2.75) is 6.36 Å². The van der Waals surface area contributed by atoms with Gasteiger partial charge in [0, 0.05) is 15.6 Å². The van der Waals surface area contributed by atoms with E-state index in [-0.39, 0.29) is 17.1 Å². The van der Waals surface area contributed by atoms with E-state index < -0.39 is 6.36 Å². The van der Waals surface area contributed by atoms with Crippen LogP contribution >= 0.6 is 15.9 Å². The van der Waals surface area contributed by atoms with Gasteiger partial charge in [0.05, 0.1) is 5.69 Å². The molecule has 1 aromatic heterocycles. The predicted octanol–water partition coefficient (Wildman–Crippen LogP) is 5.53. The third-order valence-electron chi connectivity index (χ3n) is 3.71. The van der Waals surface area contributed by atoms with Crippen LogP contribution in [0.15, 0.2) is 59.1 Å². The number of hydrogen-bond acceptors (Lipinski definition) is 4. The highest BCUT2D eigenvalue weighted by molar-refractivity contribution is 9.10. The van der Waals surface area contributed by atoms with Crippen molar-refractivity contribution in [1.29, 1.82) is 5.26 Å². The van der Waals surface area contributed by atoms with Crippen molar-refractivity contribution in [3.05, 3.63) is 64.6 Å². The number of ether oxygens (including phenoxy) is 1. The molecule has 3 rings (SSSR count). The van der Waals surface area contributed by atoms with Crippen LogP contribution < -0.4 is 10.5 Å². The molecule has 0 radical (unpaired) electrons. The van der Waals surface area contributed by atoms with Crippen LogP contribution in [-0.4, -0.2) is 11.3 Å². The third-order valence-corrected chi connectivity index (χ3v) is 4.40. The number of nitrogen functional groups attached to an aromatic ring is 1. The van der Waals surface area contributed by atoms with E-state index in [0.29, 0.717) is 16.8 Å². The largest absolute Gasteiger partial charge is 0.573 e. The highest BCUT2D eigenvalue weighted by Gasteiger charge is 2.31. The zero-order valence-corrected chi connectivity index (χ0v) is 15.2. The summed E-state index contributed by atoms with van der Waals surface area (Å²) in [4.78, 5) is 4.28. The van der Waals surface area contributed by atoms with Crippen molar-refractivity contribution in [3.8, 4) is 34.2 Å². The Morgan fingerprint density at radius 2 is 1.70 bits per heavy atom. The summed E-state index contributed by atoms with van der Waals surface area (Å²) in [5.74, 6) is -0.311. The van der Waals surface area contributed by atoms with Crippen LogP contribution in [0.1, 0.15) is 5.56 Å². The lowest BCUT2D eigenvalue weighted by Gasteiger charge is -2.12. The first kappa shape index (κ1) is 18.7. The number of nitrogens with two attached hydrogens (primary N) is 1. The maximum atomic E-state index is 12.3. The second kappa shape index (κ2) is 7.29. The summed E-state index contributed by atoms with van der Waals surface area (Å²) < 4.78 is 41.6. The SMILES string of the molecule is N#Cc1c(-c2ccc(OC(F)(F)F)cc2)cc(-c2ccccc2Br)nc1N. The van der Waals surface area contributed by atoms with Gasteiger partial charge in [0.15, 0.2) is 0 Å². The fraction of sp³-hybridized carbons (Fsp3) is 0.0526. The van der Waals surface area contributed by atoms with Crippen LogP contribution in [0.5, 0.6) is 5.75 Å². The quantitative estimate of drug-likeness (QED) is 0.589. The Bertz CT molecular complexity index is 1030. The van der Waals surface area contributed by atoms with Gasteiger partial charge in [-0.15, -0.1) is 13.2 Å². The summed E-state index contributed by atoms with van der Waals surface area (Å²) in [7, 11) is 0. The second-order valence-electron chi connectivity index (χ2n) is 5.48. The molecular formula is C19H11BrF3N3O. The number of benzene rings is 2. The minimum Gasteiger partial charge on any atom is -0.406 e. The van der Waals surface area contributed by atoms with Crippen LogP contribution in [0, 0.1) is 11.3 Å². The molecule has 3 aromatic rings. The molecule has 0 saturated heterocycles. The van der Waals surface area contributed by atoms with Crippen molar-refractivity contribution in [2.24, 2.45) is 0 Å². The molecule has 0 bridgehead atoms. The molecule has 0 aliphatic rings. The molecule has 27 heavy (non-hydrogen) atoms. The molecular weight excluding hydrogens is 423 g/mol. The molecule has 0 spiro atoms. The predicted molar refractivity (Wildman–Crippen MR) is 98.6 cm³/mol. The molecule has 136 valence electrons. The van der Waals surface area contributed by atoms with Gasteiger partial charge in [-0.1, -0.05) is 46.3 Å². The van der Waals surface area contributed by atoms with Crippen molar-refractivity contribution in [3.63, 3.8) is 0 Å². The minimum absolute atomic E-state index is 0.0383. The summed E-state index contributed by atoms with van der Waals surface area (Å²) in [6, 6.07) is 16.3. The first-order valence-electron chi connectivity index (χ1n) is 7.60. The van der Waals surface area contributed by atoms with E-state index in [1.54, 1.807) is 6.07 Å². The zero-order valence-electron chi connectivity index (χ0n) is 13.6. The van der Waals surface area contributed by atoms with Gasteiger partial charge in [-0.25, -0.2) is 4.98 Å². The fourth-order valence-electron chi connectivity index (χ4n) is 2.55. The van der Waals surface area contributed by atoms with Crippen LogP contribution in [-0.2, 0) is 0 Å². The van der Waals surface area contributed by atoms with E-state index in [2.05, 4.69) is 25.7 Å². The van der Waals surface area contributed by atoms with Gasteiger partial charge in [-0.05, 0) is 29.8 Å². The Kier molecular flexibility index (Phi) is 5.06. The number of aromatic nitrogens is 1. The Hall–Kier alpha value is -3.05. The molecule has 0 fully saturated rings. The molecule has 2 aromatic carbocycles. The second-order valence-corrected chi connectivity index (χ2v) is 6.33. The number of alkyl halides is 3. The highest BCUT2D eigenvalue weighted by atomic mass is 79.9. The molecule has 0 saturated carbocycles. The van der Waals surface area contributed by atoms with Crippen molar-refractivity contribution in [1.82, 2.24) is 4.98 Å². The van der Waals surface area contributed by atoms with Gasteiger partial charge >= 0.3 is 6.36 Å². The fourth-order valence-corrected chi connectivity index (χ4v) is 3.04. The van der Waals surface area contributed by atoms with Gasteiger partial charge in [0.2, 0.25) is 0 Å². The Balaban J connectivity index is 2.09. The van der Waals surface area contributed by atoms with Gasteiger partial charge < -0.3 is 10.5 Å². The van der Waals surface area contributed by atoms with Crippen LogP contribution in [0.25, 0.3) is 22.4 Å². The summed E-state index contributed by atoms with van der Waals surface area (Å²) in [6.07, 6.45) is -4.77. The van der Waals surface area contributed by atoms with E-state index in [1.165, 1.54) is 24.3 Å². The number of pyridine rings is 1. The van der Waals surface area contributed by atoms with Crippen LogP contribution in [0.4, 0.5) is 19.0 Å². The summed E-state index contributed by atoms with van der Waals surface area (Å²) in [6.45, 7) is 0. The monoisotopic (exact) mass is 433 g/mol. The summed E-state index contributed by atoms with van der Waals surface area (Å²) >= 11 is 3.44. The lowest BCUT2D eigenvalue weighted by atomic mass is 9.98. The first-order valence-corrected chi connectivity index (χ1v) is 8.39. The number of halogens is 4. The number of nitrogens with zero attached hydrogens (tertiary/aromatic N) is 2. The highest BCUT2D eigenvalue weighted by Crippen LogP contribution is 2.35. The molecule has 2 N–H and O–H groups in total. The molecule has 0 atom stereocenters. The average Bonchev–Trinajstić information content (AvgIpc) is 2.61. The Morgan fingerprint density at radius 3 is 2.30 bits per heavy atom. The van der Waals surface area contributed by atoms with Crippen molar-refractivity contribution < 1.29 is 17.9 Å². The maximum absolute atomic E-state index is 12.3. The number of nitriles is 1. The van der Waals surface area contributed by atoms with Gasteiger partial charge in [-0.3, -0.25) is 0 Å². The smallest absolute Gasteiger partial charge is 0.406 e. The molecule has 0 aliphatic heterocycles. The lowest BCUT2D eigenvalue weighted by Crippen LogP contribution is -2.16. The van der Waals surface area contributed by atoms with Gasteiger partial charge in [0.25, 0.3) is 0 Å². The van der Waals surface area contributed by atoms with Gasteiger partial charge in [0.1, 0.15) is 23.2 Å². The molecule has 1 heterocycles. The lowest BCUT2D eigenvalue weighted by molar-refractivity contribution is -0.274. The first-order chi connectivity index (χ1) is 12.8. The maximum Gasteiger partial charge on any atom is 0.573 e. The zero-order chi connectivity index (χ0) is 19.6. The average molecular weight is 434 g/mol. The topological polar surface area (TPSA) is 71.9 Å². The third kappa shape index (κ3) is 4.20. The number of hydrogen-bond donors (Lipinski definition) is 1. The number of rotatable bonds is 3. The standard InChI is InChI=1S/C19H11BrF3N3O/c20-16-4-2-1-3-13(16)17-9-14(15(10-24)18(25)26-17)11-5-7-12(8-6-11)27-19(21,22)23/h1-9H,(H2,25,26). The summed E-state index contributed by atoms with van der Waals surface area (Å²) in [5, 5.41) is 9.43. The van der Waals surface area contributed by atoms with E-state index in [4.69, 9.17) is 5.73 Å². The van der Waals surface area contributed by atoms with Gasteiger partial charge in [-0.2, -0.15) is 5.26 Å². The van der Waals surface area contributed by atoms with E-state index in [0.717, 1.165) is 10.0 Å². The molecule has 0 unspecified atom stereocenters. The molecule has 0 aliphatic carbocycles. The van der Waals surface area contributed by atoms with Crippen LogP contribution in [0.2, 0.25) is 0 Å². The van der Waals surface area contributed by atoms with Crippen LogP contribution in [0.3, 0.4) is 0 Å². The molecule has 8 heteroatoms. The minimum atomic E-state index is -4.77. The van der Waals surface area contributed by atoms with E-state index in [9.17, 15) is 18.4 Å². The van der Waals surface area contributed by atoms with Crippen molar-refractivity contribution in [2.75, 3.05) is 5.73 Å². The molecule has 4 nitrogen and oxygen atoms in total. The Morgan fingerprint density at radius 1 is 1.04 bits per heavy atom. The van der Waals surface area contributed by atoms with E-state index >= 15 is 0 Å².